The molecule has 7 heteroatoms. The number of hydrogen-bond acceptors (Lipinski definition) is 4. The average molecular weight is 248 g/mol. The van der Waals surface area contributed by atoms with Gasteiger partial charge in [-0.2, -0.15) is 10.2 Å². The minimum absolute atomic E-state index is 0.168. The zero-order valence-electron chi connectivity index (χ0n) is 10.4. The van der Waals surface area contributed by atoms with E-state index in [-0.39, 0.29) is 5.91 Å². The summed E-state index contributed by atoms with van der Waals surface area (Å²) >= 11 is 0. The Morgan fingerprint density at radius 3 is 3.00 bits per heavy atom. The molecule has 2 aromatic rings. The van der Waals surface area contributed by atoms with Crippen molar-refractivity contribution in [3.05, 3.63) is 29.2 Å². The van der Waals surface area contributed by atoms with E-state index in [1.165, 1.54) is 0 Å². The van der Waals surface area contributed by atoms with Crippen molar-refractivity contribution in [1.82, 2.24) is 25.3 Å². The first-order chi connectivity index (χ1) is 8.61. The summed E-state index contributed by atoms with van der Waals surface area (Å²) in [7, 11) is 0. The number of aromatic amines is 1. The molecule has 2 rings (SSSR count). The molecule has 0 atom stereocenters. The van der Waals surface area contributed by atoms with Gasteiger partial charge in [0.2, 0.25) is 0 Å². The predicted molar refractivity (Wildman–Crippen MR) is 66.8 cm³/mol. The standard InChI is InChI=1S/C11H16N6O/c1-3-17-9(4-7(2)16-17)11(18)13-5-8-6-14-15-10(8)12/h4,6H,3,5H2,1-2H3,(H,13,18)(H3,12,14,15). The zero-order valence-corrected chi connectivity index (χ0v) is 10.4. The van der Waals surface area contributed by atoms with Crippen molar-refractivity contribution in [2.24, 2.45) is 0 Å². The fourth-order valence-electron chi connectivity index (χ4n) is 1.70. The maximum atomic E-state index is 12.0. The quantitative estimate of drug-likeness (QED) is 0.731. The van der Waals surface area contributed by atoms with Crippen LogP contribution < -0.4 is 11.1 Å². The SMILES string of the molecule is CCn1nc(C)cc1C(=O)NCc1cn[nH]c1N. The number of anilines is 1. The van der Waals surface area contributed by atoms with Crippen LogP contribution in [0.1, 0.15) is 28.7 Å². The van der Waals surface area contributed by atoms with Crippen LogP contribution in [0.25, 0.3) is 0 Å². The van der Waals surface area contributed by atoms with Crippen LogP contribution in [-0.4, -0.2) is 25.9 Å². The van der Waals surface area contributed by atoms with Crippen LogP contribution in [0.5, 0.6) is 0 Å². The van der Waals surface area contributed by atoms with E-state index in [1.54, 1.807) is 16.9 Å². The number of carbonyl (C=O) groups excluding carboxylic acids is 1. The van der Waals surface area contributed by atoms with Gasteiger partial charge in [0.15, 0.2) is 0 Å². The van der Waals surface area contributed by atoms with Gasteiger partial charge in [-0.3, -0.25) is 14.6 Å². The smallest absolute Gasteiger partial charge is 0.269 e. The largest absolute Gasteiger partial charge is 0.384 e. The predicted octanol–water partition coefficient (Wildman–Crippen LogP) is 0.447. The molecule has 0 aliphatic rings. The first kappa shape index (κ1) is 12.2. The van der Waals surface area contributed by atoms with Crippen molar-refractivity contribution in [3.8, 4) is 0 Å². The van der Waals surface area contributed by atoms with Crippen LogP contribution >= 0.6 is 0 Å². The van der Waals surface area contributed by atoms with E-state index in [2.05, 4.69) is 20.6 Å². The molecular weight excluding hydrogens is 232 g/mol. The molecule has 96 valence electrons. The number of nitrogens with zero attached hydrogens (tertiary/aromatic N) is 3. The number of nitrogens with two attached hydrogens (primary N) is 1. The molecule has 0 unspecified atom stereocenters. The molecule has 0 saturated carbocycles. The number of nitrogens with one attached hydrogen (secondary N) is 2. The van der Waals surface area contributed by atoms with Crippen molar-refractivity contribution >= 4 is 11.7 Å². The molecule has 0 radical (unpaired) electrons. The van der Waals surface area contributed by atoms with Crippen molar-refractivity contribution in [2.45, 2.75) is 26.9 Å². The number of hydrogen-bond donors (Lipinski definition) is 3. The van der Waals surface area contributed by atoms with Gasteiger partial charge in [0, 0.05) is 18.7 Å². The van der Waals surface area contributed by atoms with E-state index in [0.717, 1.165) is 11.3 Å². The number of aromatic nitrogens is 4. The fourth-order valence-corrected chi connectivity index (χ4v) is 1.70. The summed E-state index contributed by atoms with van der Waals surface area (Å²) in [4.78, 5) is 12.0. The Morgan fingerprint density at radius 2 is 2.39 bits per heavy atom. The summed E-state index contributed by atoms with van der Waals surface area (Å²) in [6.07, 6.45) is 1.60. The second-order valence-electron chi connectivity index (χ2n) is 3.98. The molecule has 0 aliphatic heterocycles. The Morgan fingerprint density at radius 1 is 1.61 bits per heavy atom. The van der Waals surface area contributed by atoms with Crippen molar-refractivity contribution in [1.29, 1.82) is 0 Å². The van der Waals surface area contributed by atoms with E-state index < -0.39 is 0 Å². The van der Waals surface area contributed by atoms with E-state index in [9.17, 15) is 4.79 Å². The Bertz CT molecular complexity index is 556. The highest BCUT2D eigenvalue weighted by molar-refractivity contribution is 5.92. The molecule has 0 spiro atoms. The van der Waals surface area contributed by atoms with Gasteiger partial charge in [-0.1, -0.05) is 0 Å². The van der Waals surface area contributed by atoms with E-state index in [0.29, 0.717) is 24.6 Å². The van der Waals surface area contributed by atoms with Gasteiger partial charge < -0.3 is 11.1 Å². The van der Waals surface area contributed by atoms with Crippen molar-refractivity contribution in [3.63, 3.8) is 0 Å². The van der Waals surface area contributed by atoms with Gasteiger partial charge in [0.05, 0.1) is 11.9 Å². The first-order valence-corrected chi connectivity index (χ1v) is 5.72. The van der Waals surface area contributed by atoms with Crippen LogP contribution in [0, 0.1) is 6.92 Å². The fraction of sp³-hybridized carbons (Fsp3) is 0.364. The minimum atomic E-state index is -0.168. The number of carbonyl (C=O) groups is 1. The second-order valence-corrected chi connectivity index (χ2v) is 3.98. The third-order valence-corrected chi connectivity index (χ3v) is 2.63. The van der Waals surface area contributed by atoms with Crippen molar-refractivity contribution in [2.75, 3.05) is 5.73 Å². The molecule has 7 nitrogen and oxygen atoms in total. The van der Waals surface area contributed by atoms with E-state index in [4.69, 9.17) is 5.73 Å². The summed E-state index contributed by atoms with van der Waals surface area (Å²) in [5, 5.41) is 13.4. The maximum Gasteiger partial charge on any atom is 0.269 e. The highest BCUT2D eigenvalue weighted by atomic mass is 16.2. The minimum Gasteiger partial charge on any atom is -0.384 e. The van der Waals surface area contributed by atoms with Gasteiger partial charge in [0.1, 0.15) is 11.5 Å². The first-order valence-electron chi connectivity index (χ1n) is 5.72. The second kappa shape index (κ2) is 4.91. The molecule has 0 aromatic carbocycles. The van der Waals surface area contributed by atoms with Gasteiger partial charge in [-0.05, 0) is 19.9 Å². The van der Waals surface area contributed by atoms with Crippen LogP contribution in [0.15, 0.2) is 12.3 Å². The summed E-state index contributed by atoms with van der Waals surface area (Å²) in [6.45, 7) is 4.80. The molecule has 0 saturated heterocycles. The topological polar surface area (TPSA) is 102 Å². The molecule has 1 amide bonds. The molecule has 0 fully saturated rings. The van der Waals surface area contributed by atoms with Gasteiger partial charge in [0.25, 0.3) is 5.91 Å². The highest BCUT2D eigenvalue weighted by Gasteiger charge is 2.13. The normalized spacial score (nSPS) is 10.6. The van der Waals surface area contributed by atoms with Crippen LogP contribution in [0.4, 0.5) is 5.82 Å². The van der Waals surface area contributed by atoms with Gasteiger partial charge in [-0.25, -0.2) is 0 Å². The molecule has 0 aliphatic carbocycles. The zero-order chi connectivity index (χ0) is 13.1. The summed E-state index contributed by atoms with van der Waals surface area (Å²) < 4.78 is 1.67. The molecule has 0 bridgehead atoms. The lowest BCUT2D eigenvalue weighted by Gasteiger charge is -2.05. The Kier molecular flexibility index (Phi) is 3.31. The lowest BCUT2D eigenvalue weighted by molar-refractivity contribution is 0.0940. The molecule has 18 heavy (non-hydrogen) atoms. The molecule has 2 heterocycles. The number of amides is 1. The lowest BCUT2D eigenvalue weighted by Crippen LogP contribution is -2.25. The Balaban J connectivity index is 2.06. The van der Waals surface area contributed by atoms with Crippen LogP contribution in [-0.2, 0) is 13.1 Å². The van der Waals surface area contributed by atoms with Gasteiger partial charge >= 0.3 is 0 Å². The number of rotatable bonds is 4. The average Bonchev–Trinajstić information content (AvgIpc) is 2.92. The van der Waals surface area contributed by atoms with E-state index in [1.807, 2.05) is 13.8 Å². The Labute approximate surface area is 104 Å². The summed E-state index contributed by atoms with van der Waals surface area (Å²) in [5.41, 5.74) is 7.78. The monoisotopic (exact) mass is 248 g/mol. The highest BCUT2D eigenvalue weighted by Crippen LogP contribution is 2.07. The van der Waals surface area contributed by atoms with Crippen LogP contribution in [0.2, 0.25) is 0 Å². The number of aryl methyl sites for hydroxylation is 2. The summed E-state index contributed by atoms with van der Waals surface area (Å²) in [6, 6.07) is 1.76. The third kappa shape index (κ3) is 2.34. The molecule has 2 aromatic heterocycles. The van der Waals surface area contributed by atoms with E-state index >= 15 is 0 Å². The molecular formula is C11H16N6O. The third-order valence-electron chi connectivity index (χ3n) is 2.63. The number of H-pyrrole nitrogens is 1. The van der Waals surface area contributed by atoms with Crippen LogP contribution in [0.3, 0.4) is 0 Å². The summed E-state index contributed by atoms with van der Waals surface area (Å²) in [5.74, 6) is 0.300. The lowest BCUT2D eigenvalue weighted by atomic mass is 10.3. The van der Waals surface area contributed by atoms with Crippen molar-refractivity contribution < 1.29 is 4.79 Å². The Hall–Kier alpha value is -2.31. The number of nitrogen functional groups attached to an aromatic ring is 1. The maximum absolute atomic E-state index is 12.0. The molecule has 4 N–H and O–H groups in total. The van der Waals surface area contributed by atoms with Gasteiger partial charge in [-0.15, -0.1) is 0 Å².